The van der Waals surface area contributed by atoms with Gasteiger partial charge in [-0.05, 0) is 12.1 Å². The van der Waals surface area contributed by atoms with Gasteiger partial charge in [0, 0.05) is 13.1 Å². The SMILES string of the molecule is COc1ccc(NN2CCOCC2)nc1. The molecule has 1 aromatic heterocycles. The Morgan fingerprint density at radius 1 is 1.40 bits per heavy atom. The molecule has 1 aliphatic rings. The second kappa shape index (κ2) is 4.95. The van der Waals surface area contributed by atoms with Gasteiger partial charge in [0.2, 0.25) is 0 Å². The number of nitrogens with zero attached hydrogens (tertiary/aromatic N) is 2. The first-order valence-corrected chi connectivity index (χ1v) is 4.98. The fourth-order valence-corrected chi connectivity index (χ4v) is 1.40. The van der Waals surface area contributed by atoms with E-state index in [1.54, 1.807) is 13.3 Å². The molecule has 82 valence electrons. The van der Waals surface area contributed by atoms with Crippen molar-refractivity contribution in [1.29, 1.82) is 0 Å². The average molecular weight is 209 g/mol. The fourth-order valence-electron chi connectivity index (χ4n) is 1.40. The highest BCUT2D eigenvalue weighted by atomic mass is 16.5. The first-order valence-electron chi connectivity index (χ1n) is 4.98. The van der Waals surface area contributed by atoms with Crippen molar-refractivity contribution in [3.8, 4) is 5.75 Å². The minimum absolute atomic E-state index is 0.766. The molecule has 5 heteroatoms. The summed E-state index contributed by atoms with van der Waals surface area (Å²) < 4.78 is 10.3. The molecule has 0 unspecified atom stereocenters. The Kier molecular flexibility index (Phi) is 3.37. The molecule has 1 fully saturated rings. The van der Waals surface area contributed by atoms with E-state index in [0.29, 0.717) is 0 Å². The van der Waals surface area contributed by atoms with E-state index in [-0.39, 0.29) is 0 Å². The topological polar surface area (TPSA) is 46.6 Å². The Labute approximate surface area is 89.0 Å². The van der Waals surface area contributed by atoms with E-state index in [0.717, 1.165) is 37.9 Å². The van der Waals surface area contributed by atoms with Crippen LogP contribution in [0.2, 0.25) is 0 Å². The molecule has 0 radical (unpaired) electrons. The molecule has 1 aliphatic heterocycles. The summed E-state index contributed by atoms with van der Waals surface area (Å²) >= 11 is 0. The van der Waals surface area contributed by atoms with Crippen molar-refractivity contribution in [3.05, 3.63) is 18.3 Å². The highest BCUT2D eigenvalue weighted by Crippen LogP contribution is 2.12. The number of hydrogen-bond acceptors (Lipinski definition) is 5. The molecule has 2 heterocycles. The number of hydrazine groups is 1. The number of ether oxygens (including phenoxy) is 2. The number of pyridine rings is 1. The summed E-state index contributed by atoms with van der Waals surface area (Å²) in [4.78, 5) is 4.23. The van der Waals surface area contributed by atoms with Crippen LogP contribution in [0.25, 0.3) is 0 Å². The predicted molar refractivity (Wildman–Crippen MR) is 56.8 cm³/mol. The van der Waals surface area contributed by atoms with Crippen molar-refractivity contribution in [2.45, 2.75) is 0 Å². The Balaban J connectivity index is 1.91. The van der Waals surface area contributed by atoms with Gasteiger partial charge < -0.3 is 14.9 Å². The lowest BCUT2D eigenvalue weighted by Crippen LogP contribution is -2.40. The lowest BCUT2D eigenvalue weighted by Gasteiger charge is -2.27. The summed E-state index contributed by atoms with van der Waals surface area (Å²) in [6, 6.07) is 3.78. The molecular formula is C10H15N3O2. The maximum atomic E-state index is 5.25. The number of morpholine rings is 1. The molecule has 2 rings (SSSR count). The smallest absolute Gasteiger partial charge is 0.140 e. The number of methoxy groups -OCH3 is 1. The van der Waals surface area contributed by atoms with Gasteiger partial charge in [-0.15, -0.1) is 0 Å². The highest BCUT2D eigenvalue weighted by Gasteiger charge is 2.09. The maximum absolute atomic E-state index is 5.25. The second-order valence-corrected chi connectivity index (χ2v) is 3.29. The van der Waals surface area contributed by atoms with E-state index in [1.165, 1.54) is 0 Å². The first kappa shape index (κ1) is 10.2. The van der Waals surface area contributed by atoms with Gasteiger partial charge >= 0.3 is 0 Å². The number of rotatable bonds is 3. The van der Waals surface area contributed by atoms with Gasteiger partial charge in [0.15, 0.2) is 0 Å². The van der Waals surface area contributed by atoms with Crippen molar-refractivity contribution >= 4 is 5.82 Å². The zero-order chi connectivity index (χ0) is 10.5. The molecular weight excluding hydrogens is 194 g/mol. The van der Waals surface area contributed by atoms with Crippen LogP contribution in [0.1, 0.15) is 0 Å². The molecule has 5 nitrogen and oxygen atoms in total. The van der Waals surface area contributed by atoms with E-state index in [2.05, 4.69) is 15.4 Å². The Morgan fingerprint density at radius 3 is 2.80 bits per heavy atom. The van der Waals surface area contributed by atoms with Crippen LogP contribution in [-0.4, -0.2) is 43.4 Å². The number of hydrogen-bond donors (Lipinski definition) is 1. The van der Waals surface area contributed by atoms with E-state index < -0.39 is 0 Å². The lowest BCUT2D eigenvalue weighted by molar-refractivity contribution is 0.0495. The second-order valence-electron chi connectivity index (χ2n) is 3.29. The normalized spacial score (nSPS) is 17.4. The van der Waals surface area contributed by atoms with E-state index in [1.807, 2.05) is 12.1 Å². The summed E-state index contributed by atoms with van der Waals surface area (Å²) in [5.74, 6) is 1.60. The minimum atomic E-state index is 0.766. The standard InChI is InChI=1S/C10H15N3O2/c1-14-9-2-3-10(11-8-9)12-13-4-6-15-7-5-13/h2-3,8H,4-7H2,1H3,(H,11,12). The summed E-state index contributed by atoms with van der Waals surface area (Å²) in [7, 11) is 1.63. The van der Waals surface area contributed by atoms with Crippen LogP contribution in [0.3, 0.4) is 0 Å². The van der Waals surface area contributed by atoms with Gasteiger partial charge in [0.25, 0.3) is 0 Å². The summed E-state index contributed by atoms with van der Waals surface area (Å²) in [5, 5.41) is 2.10. The van der Waals surface area contributed by atoms with Crippen molar-refractivity contribution in [3.63, 3.8) is 0 Å². The zero-order valence-electron chi connectivity index (χ0n) is 8.77. The van der Waals surface area contributed by atoms with E-state index in [9.17, 15) is 0 Å². The van der Waals surface area contributed by atoms with Crippen LogP contribution in [-0.2, 0) is 4.74 Å². The molecule has 1 saturated heterocycles. The van der Waals surface area contributed by atoms with Gasteiger partial charge in [-0.25, -0.2) is 9.99 Å². The van der Waals surface area contributed by atoms with Gasteiger partial charge in [0.1, 0.15) is 11.6 Å². The molecule has 0 bridgehead atoms. The molecule has 15 heavy (non-hydrogen) atoms. The quantitative estimate of drug-likeness (QED) is 0.796. The molecule has 1 N–H and O–H groups in total. The van der Waals surface area contributed by atoms with Crippen molar-refractivity contribution in [2.75, 3.05) is 38.8 Å². The van der Waals surface area contributed by atoms with Gasteiger partial charge in [-0.1, -0.05) is 0 Å². The maximum Gasteiger partial charge on any atom is 0.140 e. The average Bonchev–Trinajstić information content (AvgIpc) is 2.31. The molecule has 0 saturated carbocycles. The van der Waals surface area contributed by atoms with Crippen LogP contribution < -0.4 is 10.2 Å². The van der Waals surface area contributed by atoms with Crippen LogP contribution in [0.5, 0.6) is 5.75 Å². The minimum Gasteiger partial charge on any atom is -0.495 e. The zero-order valence-corrected chi connectivity index (χ0v) is 8.77. The number of aromatic nitrogens is 1. The van der Waals surface area contributed by atoms with Gasteiger partial charge in [-0.3, -0.25) is 0 Å². The molecule has 0 aromatic carbocycles. The third-order valence-corrected chi connectivity index (χ3v) is 2.26. The molecule has 1 aromatic rings. The summed E-state index contributed by atoms with van der Waals surface area (Å²) in [5.41, 5.74) is 3.22. The molecule has 0 aliphatic carbocycles. The fraction of sp³-hybridized carbons (Fsp3) is 0.500. The molecule has 0 atom stereocenters. The van der Waals surface area contributed by atoms with E-state index in [4.69, 9.17) is 9.47 Å². The van der Waals surface area contributed by atoms with Gasteiger partial charge in [0.05, 0.1) is 26.5 Å². The Morgan fingerprint density at radius 2 is 2.20 bits per heavy atom. The summed E-state index contributed by atoms with van der Waals surface area (Å²) in [6.07, 6.45) is 1.70. The van der Waals surface area contributed by atoms with Crippen LogP contribution in [0.4, 0.5) is 5.82 Å². The predicted octanol–water partition coefficient (Wildman–Crippen LogP) is 0.749. The Hall–Kier alpha value is -1.33. The highest BCUT2D eigenvalue weighted by molar-refractivity contribution is 5.36. The third-order valence-electron chi connectivity index (χ3n) is 2.26. The van der Waals surface area contributed by atoms with Crippen molar-refractivity contribution in [1.82, 2.24) is 9.99 Å². The largest absolute Gasteiger partial charge is 0.495 e. The van der Waals surface area contributed by atoms with Crippen molar-refractivity contribution in [2.24, 2.45) is 0 Å². The monoisotopic (exact) mass is 209 g/mol. The Bertz CT molecular complexity index is 296. The van der Waals surface area contributed by atoms with Gasteiger partial charge in [-0.2, -0.15) is 0 Å². The number of nitrogens with one attached hydrogen (secondary N) is 1. The first-order chi connectivity index (χ1) is 7.38. The van der Waals surface area contributed by atoms with Crippen LogP contribution >= 0.6 is 0 Å². The summed E-state index contributed by atoms with van der Waals surface area (Å²) in [6.45, 7) is 3.30. The van der Waals surface area contributed by atoms with E-state index >= 15 is 0 Å². The van der Waals surface area contributed by atoms with Crippen LogP contribution in [0, 0.1) is 0 Å². The van der Waals surface area contributed by atoms with Crippen LogP contribution in [0.15, 0.2) is 18.3 Å². The lowest BCUT2D eigenvalue weighted by atomic mass is 10.4. The molecule has 0 spiro atoms. The molecule has 0 amide bonds. The third kappa shape index (κ3) is 2.81. The van der Waals surface area contributed by atoms with Crippen molar-refractivity contribution < 1.29 is 9.47 Å². The number of anilines is 1.